The molecule has 0 saturated heterocycles. The van der Waals surface area contributed by atoms with Crippen LogP contribution in [0.4, 0.5) is 0 Å². The Hall–Kier alpha value is -1.08. The molecule has 1 aromatic carbocycles. The van der Waals surface area contributed by atoms with Gasteiger partial charge in [-0.3, -0.25) is 0 Å². The van der Waals surface area contributed by atoms with Gasteiger partial charge in [-0.1, -0.05) is 17.6 Å². The molecule has 0 unspecified atom stereocenters. The van der Waals surface area contributed by atoms with E-state index in [1.165, 1.54) is 0 Å². The predicted octanol–water partition coefficient (Wildman–Crippen LogP) is 2.05. The van der Waals surface area contributed by atoms with Crippen LogP contribution in [0.25, 0.3) is 0 Å². The summed E-state index contributed by atoms with van der Waals surface area (Å²) in [5, 5.41) is 18.8. The van der Waals surface area contributed by atoms with Crippen LogP contribution in [0.1, 0.15) is 48.0 Å². The number of aliphatic hydroxyl groups is 2. The number of aliphatic hydroxyl groups excluding tert-OH is 1. The number of hydrogen-bond donors (Lipinski definition) is 2. The summed E-state index contributed by atoms with van der Waals surface area (Å²) >= 11 is 0. The molecule has 2 N–H and O–H groups in total. The van der Waals surface area contributed by atoms with Crippen LogP contribution in [-0.2, 0) is 9.39 Å². The summed E-state index contributed by atoms with van der Waals surface area (Å²) in [6.45, 7) is 12.1. The van der Waals surface area contributed by atoms with Gasteiger partial charge >= 0.3 is 7.48 Å². The third-order valence-corrected chi connectivity index (χ3v) is 4.32. The average molecular weight is 351 g/mol. The molecule has 0 aromatic heterocycles. The van der Waals surface area contributed by atoms with Crippen molar-refractivity contribution in [3.63, 3.8) is 0 Å². The van der Waals surface area contributed by atoms with Gasteiger partial charge in [-0.15, -0.1) is 0 Å². The van der Waals surface area contributed by atoms with E-state index in [4.69, 9.17) is 19.2 Å². The largest absolute Gasteiger partial charge is 0.488 e. The fraction of sp³-hybridized carbons (Fsp3) is 0.684. The lowest BCUT2D eigenvalue weighted by atomic mass is 9.82. The van der Waals surface area contributed by atoms with Crippen LogP contribution < -0.4 is 10.2 Å². The maximum atomic E-state index is 10.1. The van der Waals surface area contributed by atoms with Gasteiger partial charge in [-0.2, -0.15) is 0 Å². The number of ether oxygens (including phenoxy) is 2. The highest BCUT2D eigenvalue weighted by Gasteiger charge is 2.35. The van der Waals surface area contributed by atoms with Gasteiger partial charge in [0, 0.05) is 6.42 Å². The molecule has 1 rings (SSSR count). The SMILES string of the molecule is CC(C)(CCOCCO)Oc1ccc([B]OC(C)(C)C(C)(C)O)cc1. The Labute approximate surface area is 152 Å². The second-order valence-corrected chi connectivity index (χ2v) is 7.82. The van der Waals surface area contributed by atoms with E-state index in [9.17, 15) is 5.11 Å². The standard InChI is InChI=1S/C19H32BO5/c1-17(2,11-13-23-14-12-21)24-16-9-7-15(8-10-16)20-25-19(5,6)18(3,4)22/h7-10,21-22H,11-14H2,1-6H3. The van der Waals surface area contributed by atoms with Crippen molar-refractivity contribution in [1.29, 1.82) is 0 Å². The highest BCUT2D eigenvalue weighted by atomic mass is 16.5. The molecule has 0 aliphatic heterocycles. The van der Waals surface area contributed by atoms with Gasteiger partial charge in [-0.25, -0.2) is 0 Å². The first-order chi connectivity index (χ1) is 11.5. The molecular weight excluding hydrogens is 319 g/mol. The third kappa shape index (κ3) is 7.78. The molecule has 0 aliphatic carbocycles. The lowest BCUT2D eigenvalue weighted by Gasteiger charge is -2.37. The molecule has 0 saturated carbocycles. The zero-order valence-corrected chi connectivity index (χ0v) is 16.3. The fourth-order valence-corrected chi connectivity index (χ4v) is 1.83. The van der Waals surface area contributed by atoms with Gasteiger partial charge in [0.1, 0.15) is 11.4 Å². The van der Waals surface area contributed by atoms with Crippen LogP contribution in [0.15, 0.2) is 24.3 Å². The zero-order valence-electron chi connectivity index (χ0n) is 16.3. The van der Waals surface area contributed by atoms with Crippen molar-refractivity contribution in [3.05, 3.63) is 24.3 Å². The summed E-state index contributed by atoms with van der Waals surface area (Å²) < 4.78 is 17.0. The number of hydrogen-bond acceptors (Lipinski definition) is 5. The van der Waals surface area contributed by atoms with Gasteiger partial charge in [0.15, 0.2) is 0 Å². The van der Waals surface area contributed by atoms with E-state index in [0.717, 1.165) is 17.6 Å². The molecule has 0 atom stereocenters. The second kappa shape index (κ2) is 9.03. The smallest absolute Gasteiger partial charge is 0.330 e. The lowest BCUT2D eigenvalue weighted by Crippen LogP contribution is -2.49. The summed E-state index contributed by atoms with van der Waals surface area (Å²) in [5.41, 5.74) is -1.11. The molecular formula is C19H32BO5. The Balaban J connectivity index is 2.53. The Morgan fingerprint density at radius 1 is 0.960 bits per heavy atom. The first-order valence-electron chi connectivity index (χ1n) is 8.68. The van der Waals surface area contributed by atoms with E-state index < -0.39 is 11.2 Å². The van der Waals surface area contributed by atoms with Gasteiger partial charge in [0.05, 0.1) is 31.0 Å². The van der Waals surface area contributed by atoms with E-state index in [0.29, 0.717) is 13.2 Å². The predicted molar refractivity (Wildman–Crippen MR) is 101 cm³/mol. The van der Waals surface area contributed by atoms with Crippen molar-refractivity contribution in [2.24, 2.45) is 0 Å². The quantitative estimate of drug-likeness (QED) is 0.472. The topological polar surface area (TPSA) is 68.2 Å². The first-order valence-corrected chi connectivity index (χ1v) is 8.68. The van der Waals surface area contributed by atoms with E-state index in [1.54, 1.807) is 21.3 Å². The summed E-state index contributed by atoms with van der Waals surface area (Å²) in [6.07, 6.45) is 0.726. The van der Waals surface area contributed by atoms with Crippen LogP contribution in [0, 0.1) is 0 Å². The molecule has 25 heavy (non-hydrogen) atoms. The molecule has 1 aromatic rings. The van der Waals surface area contributed by atoms with Gasteiger partial charge in [0.25, 0.3) is 0 Å². The summed E-state index contributed by atoms with van der Waals surface area (Å²) in [7, 11) is 1.65. The van der Waals surface area contributed by atoms with E-state index >= 15 is 0 Å². The summed E-state index contributed by atoms with van der Waals surface area (Å²) in [5.74, 6) is 0.769. The molecule has 0 bridgehead atoms. The van der Waals surface area contributed by atoms with Gasteiger partial charge in [-0.05, 0) is 53.7 Å². The fourth-order valence-electron chi connectivity index (χ4n) is 1.83. The van der Waals surface area contributed by atoms with Crippen molar-refractivity contribution >= 4 is 12.9 Å². The maximum absolute atomic E-state index is 10.1. The molecule has 0 heterocycles. The molecule has 0 aliphatic rings. The van der Waals surface area contributed by atoms with Gasteiger partial charge in [0.2, 0.25) is 0 Å². The van der Waals surface area contributed by atoms with Gasteiger partial charge < -0.3 is 24.3 Å². The lowest BCUT2D eigenvalue weighted by molar-refractivity contribution is -0.0893. The average Bonchev–Trinajstić information content (AvgIpc) is 2.49. The molecule has 6 heteroatoms. The van der Waals surface area contributed by atoms with Crippen LogP contribution in [-0.4, -0.2) is 54.3 Å². The molecule has 0 fully saturated rings. The van der Waals surface area contributed by atoms with Crippen molar-refractivity contribution < 1.29 is 24.3 Å². The Morgan fingerprint density at radius 2 is 1.56 bits per heavy atom. The highest BCUT2D eigenvalue weighted by molar-refractivity contribution is 6.47. The van der Waals surface area contributed by atoms with E-state index in [-0.39, 0.29) is 12.2 Å². The normalized spacial score (nSPS) is 13.0. The van der Waals surface area contributed by atoms with Crippen LogP contribution >= 0.6 is 0 Å². The summed E-state index contributed by atoms with van der Waals surface area (Å²) in [4.78, 5) is 0. The van der Waals surface area contributed by atoms with Crippen molar-refractivity contribution in [2.75, 3.05) is 19.8 Å². The van der Waals surface area contributed by atoms with Crippen LogP contribution in [0.2, 0.25) is 0 Å². The zero-order chi connectivity index (χ0) is 19.1. The molecule has 1 radical (unpaired) electrons. The second-order valence-electron chi connectivity index (χ2n) is 7.82. The monoisotopic (exact) mass is 351 g/mol. The molecule has 0 amide bonds. The number of benzene rings is 1. The molecule has 5 nitrogen and oxygen atoms in total. The van der Waals surface area contributed by atoms with Crippen molar-refractivity contribution in [2.45, 2.75) is 64.8 Å². The van der Waals surface area contributed by atoms with Crippen molar-refractivity contribution in [1.82, 2.24) is 0 Å². The third-order valence-electron chi connectivity index (χ3n) is 4.32. The van der Waals surface area contributed by atoms with E-state index in [1.807, 2.05) is 52.0 Å². The Morgan fingerprint density at radius 3 is 2.08 bits per heavy atom. The highest BCUT2D eigenvalue weighted by Crippen LogP contribution is 2.24. The minimum absolute atomic E-state index is 0.0333. The summed E-state index contributed by atoms with van der Waals surface area (Å²) in [6, 6.07) is 7.60. The molecule has 0 spiro atoms. The van der Waals surface area contributed by atoms with Crippen LogP contribution in [0.5, 0.6) is 5.75 Å². The maximum Gasteiger partial charge on any atom is 0.330 e. The number of rotatable bonds is 11. The van der Waals surface area contributed by atoms with Crippen LogP contribution in [0.3, 0.4) is 0 Å². The Bertz CT molecular complexity index is 506. The Kier molecular flexibility index (Phi) is 7.94. The van der Waals surface area contributed by atoms with Crippen molar-refractivity contribution in [3.8, 4) is 5.75 Å². The minimum Gasteiger partial charge on any atom is -0.488 e. The minimum atomic E-state index is -0.950. The van der Waals surface area contributed by atoms with E-state index in [2.05, 4.69) is 0 Å². The molecule has 141 valence electrons. The first kappa shape index (κ1) is 22.0.